The Kier molecular flexibility index (Phi) is 6.63. The number of carbonyl (C=O) groups excluding carboxylic acids is 2. The van der Waals surface area contributed by atoms with Crippen LogP contribution in [-0.2, 0) is 31.9 Å². The number of ether oxygens (including phenoxy) is 2. The minimum absolute atomic E-state index is 0.0456. The molecule has 2 aromatic heterocycles. The monoisotopic (exact) mass is 442 g/mol. The van der Waals surface area contributed by atoms with Crippen molar-refractivity contribution in [2.45, 2.75) is 26.7 Å². The number of hydrogen-bond donors (Lipinski definition) is 0. The van der Waals surface area contributed by atoms with Gasteiger partial charge in [0.1, 0.15) is 0 Å². The highest BCUT2D eigenvalue weighted by Crippen LogP contribution is 2.32. The molecule has 2 aromatic carbocycles. The lowest BCUT2D eigenvalue weighted by Gasteiger charge is -2.29. The van der Waals surface area contributed by atoms with Crippen molar-refractivity contribution in [1.29, 1.82) is 0 Å². The molecule has 6 nitrogen and oxygen atoms in total. The molecule has 4 aromatic rings. The van der Waals surface area contributed by atoms with E-state index in [1.54, 1.807) is 13.8 Å². The van der Waals surface area contributed by atoms with Crippen LogP contribution in [0.4, 0.5) is 0 Å². The number of rotatable bonds is 8. The molecule has 0 unspecified atom stereocenters. The number of esters is 2. The van der Waals surface area contributed by atoms with E-state index in [0.29, 0.717) is 11.4 Å². The Balaban J connectivity index is 1.80. The van der Waals surface area contributed by atoms with Gasteiger partial charge in [-0.25, -0.2) is 0 Å². The van der Waals surface area contributed by atoms with Gasteiger partial charge >= 0.3 is 11.9 Å². The number of fused-ring (bicyclic) bond motifs is 2. The number of aromatic nitrogens is 2. The highest BCUT2D eigenvalue weighted by Gasteiger charge is 2.50. The maximum Gasteiger partial charge on any atom is 0.324 e. The van der Waals surface area contributed by atoms with Gasteiger partial charge in [-0.3, -0.25) is 19.6 Å². The molecule has 168 valence electrons. The number of pyridine rings is 2. The van der Waals surface area contributed by atoms with E-state index in [2.05, 4.69) is 0 Å². The number of benzene rings is 2. The highest BCUT2D eigenvalue weighted by atomic mass is 16.6. The normalized spacial score (nSPS) is 11.5. The van der Waals surface area contributed by atoms with Gasteiger partial charge in [0.25, 0.3) is 0 Å². The Morgan fingerprint density at radius 2 is 1.09 bits per heavy atom. The van der Waals surface area contributed by atoms with Crippen LogP contribution in [0, 0.1) is 5.41 Å². The summed E-state index contributed by atoms with van der Waals surface area (Å²) in [4.78, 5) is 36.1. The quantitative estimate of drug-likeness (QED) is 0.291. The molecule has 33 heavy (non-hydrogen) atoms. The summed E-state index contributed by atoms with van der Waals surface area (Å²) in [5.41, 5.74) is 1.20. The van der Waals surface area contributed by atoms with Crippen molar-refractivity contribution in [2.75, 3.05) is 13.2 Å². The van der Waals surface area contributed by atoms with Crippen molar-refractivity contribution in [3.05, 3.63) is 84.2 Å². The molecule has 0 saturated carbocycles. The van der Waals surface area contributed by atoms with Crippen molar-refractivity contribution in [3.8, 4) is 0 Å². The first-order valence-corrected chi connectivity index (χ1v) is 11.1. The van der Waals surface area contributed by atoms with Gasteiger partial charge in [0, 0.05) is 35.0 Å². The molecule has 6 heteroatoms. The molecular formula is C27H26N2O4. The van der Waals surface area contributed by atoms with Crippen molar-refractivity contribution < 1.29 is 19.1 Å². The van der Waals surface area contributed by atoms with Crippen LogP contribution in [0.2, 0.25) is 0 Å². The van der Waals surface area contributed by atoms with Crippen LogP contribution in [0.15, 0.2) is 72.8 Å². The van der Waals surface area contributed by atoms with Crippen LogP contribution < -0.4 is 0 Å². The first-order chi connectivity index (χ1) is 16.1. The van der Waals surface area contributed by atoms with Crippen LogP contribution in [-0.4, -0.2) is 35.1 Å². The summed E-state index contributed by atoms with van der Waals surface area (Å²) in [5.74, 6) is -1.26. The topological polar surface area (TPSA) is 78.4 Å². The van der Waals surface area contributed by atoms with Gasteiger partial charge < -0.3 is 9.47 Å². The van der Waals surface area contributed by atoms with Crippen LogP contribution in [0.1, 0.15) is 25.2 Å². The summed E-state index contributed by atoms with van der Waals surface area (Å²) >= 11 is 0. The van der Waals surface area contributed by atoms with E-state index in [4.69, 9.17) is 19.4 Å². The maximum atomic E-state index is 13.3. The second-order valence-electron chi connectivity index (χ2n) is 7.87. The zero-order valence-electron chi connectivity index (χ0n) is 18.8. The van der Waals surface area contributed by atoms with E-state index in [1.807, 2.05) is 72.8 Å². The summed E-state index contributed by atoms with van der Waals surface area (Å²) in [6, 6.07) is 23.0. The third kappa shape index (κ3) is 4.70. The highest BCUT2D eigenvalue weighted by molar-refractivity contribution is 6.00. The molecule has 0 aliphatic rings. The molecule has 0 radical (unpaired) electrons. The van der Waals surface area contributed by atoms with E-state index in [9.17, 15) is 9.59 Å². The molecule has 0 spiro atoms. The third-order valence-corrected chi connectivity index (χ3v) is 5.61. The number of nitrogens with zero attached hydrogens (tertiary/aromatic N) is 2. The summed E-state index contributed by atoms with van der Waals surface area (Å²) in [6.45, 7) is 3.74. The molecule has 0 atom stereocenters. The standard InChI is InChI=1S/C27H26N2O4/c1-3-32-25(30)27(26(31)33-4-2,17-21-15-13-19-9-5-7-11-23(19)28-21)18-22-16-14-20-10-6-8-12-24(20)29-22/h5-16H,3-4,17-18H2,1-2H3. The van der Waals surface area contributed by atoms with E-state index in [-0.39, 0.29) is 26.1 Å². The zero-order valence-corrected chi connectivity index (χ0v) is 18.8. The Bertz CT molecular complexity index is 1200. The molecule has 4 rings (SSSR count). The van der Waals surface area contributed by atoms with Gasteiger partial charge in [0.15, 0.2) is 5.41 Å². The molecule has 0 N–H and O–H groups in total. The van der Waals surface area contributed by atoms with Crippen LogP contribution in [0.5, 0.6) is 0 Å². The summed E-state index contributed by atoms with van der Waals surface area (Å²) in [6.07, 6.45) is 0.0913. The van der Waals surface area contributed by atoms with Crippen molar-refractivity contribution >= 4 is 33.7 Å². The summed E-state index contributed by atoms with van der Waals surface area (Å²) in [7, 11) is 0. The van der Waals surface area contributed by atoms with Gasteiger partial charge in [-0.15, -0.1) is 0 Å². The van der Waals surface area contributed by atoms with Gasteiger partial charge in [0.05, 0.1) is 24.2 Å². The maximum absolute atomic E-state index is 13.3. The predicted octanol–water partition coefficient (Wildman–Crippen LogP) is 4.68. The Morgan fingerprint density at radius 1 is 0.667 bits per heavy atom. The first kappa shape index (κ1) is 22.4. The second-order valence-corrected chi connectivity index (χ2v) is 7.87. The van der Waals surface area contributed by atoms with Gasteiger partial charge in [-0.2, -0.15) is 0 Å². The van der Waals surface area contributed by atoms with Crippen molar-refractivity contribution in [2.24, 2.45) is 5.41 Å². The molecule has 0 saturated heterocycles. The fourth-order valence-corrected chi connectivity index (χ4v) is 4.00. The molecule has 2 heterocycles. The van der Waals surface area contributed by atoms with Crippen LogP contribution in [0.25, 0.3) is 21.8 Å². The minimum Gasteiger partial charge on any atom is -0.465 e. The fourth-order valence-electron chi connectivity index (χ4n) is 4.00. The van der Waals surface area contributed by atoms with E-state index in [1.165, 1.54) is 0 Å². The van der Waals surface area contributed by atoms with Crippen molar-refractivity contribution in [1.82, 2.24) is 9.97 Å². The van der Waals surface area contributed by atoms with Gasteiger partial charge in [0.2, 0.25) is 0 Å². The second kappa shape index (κ2) is 9.77. The molecule has 0 aliphatic heterocycles. The van der Waals surface area contributed by atoms with Crippen LogP contribution >= 0.6 is 0 Å². The lowest BCUT2D eigenvalue weighted by molar-refractivity contribution is -0.172. The average Bonchev–Trinajstić information content (AvgIpc) is 2.83. The Hall–Kier alpha value is -3.80. The largest absolute Gasteiger partial charge is 0.465 e. The number of carbonyl (C=O) groups is 2. The number of para-hydroxylation sites is 2. The summed E-state index contributed by atoms with van der Waals surface area (Å²) < 4.78 is 10.8. The van der Waals surface area contributed by atoms with Gasteiger partial charge in [-0.05, 0) is 38.1 Å². The molecule has 0 aliphatic carbocycles. The van der Waals surface area contributed by atoms with Crippen molar-refractivity contribution in [3.63, 3.8) is 0 Å². The Morgan fingerprint density at radius 3 is 1.52 bits per heavy atom. The van der Waals surface area contributed by atoms with E-state index < -0.39 is 17.4 Å². The fraction of sp³-hybridized carbons (Fsp3) is 0.259. The molecule has 0 fully saturated rings. The summed E-state index contributed by atoms with van der Waals surface area (Å²) in [5, 5.41) is 1.96. The predicted molar refractivity (Wildman–Crippen MR) is 127 cm³/mol. The number of hydrogen-bond acceptors (Lipinski definition) is 6. The van der Waals surface area contributed by atoms with E-state index in [0.717, 1.165) is 21.8 Å². The molecular weight excluding hydrogens is 416 g/mol. The lowest BCUT2D eigenvalue weighted by Crippen LogP contribution is -2.46. The lowest BCUT2D eigenvalue weighted by atomic mass is 9.78. The van der Waals surface area contributed by atoms with Crippen LogP contribution in [0.3, 0.4) is 0 Å². The molecule has 0 bridgehead atoms. The minimum atomic E-state index is -1.60. The molecule has 0 amide bonds. The average molecular weight is 443 g/mol. The SMILES string of the molecule is CCOC(=O)C(Cc1ccc2ccccc2n1)(Cc1ccc2ccccc2n1)C(=O)OCC. The van der Waals surface area contributed by atoms with Gasteiger partial charge in [-0.1, -0.05) is 48.5 Å². The third-order valence-electron chi connectivity index (χ3n) is 5.61. The smallest absolute Gasteiger partial charge is 0.324 e. The first-order valence-electron chi connectivity index (χ1n) is 11.1. The Labute approximate surface area is 192 Å². The zero-order chi connectivity index (χ0) is 23.3. The van der Waals surface area contributed by atoms with E-state index >= 15 is 0 Å².